The zero-order valence-corrected chi connectivity index (χ0v) is 29.5. The molecule has 0 unspecified atom stereocenters. The average Bonchev–Trinajstić information content (AvgIpc) is 3.11. The predicted molar refractivity (Wildman–Crippen MR) is 174 cm³/mol. The van der Waals surface area contributed by atoms with Gasteiger partial charge >= 0.3 is 30.4 Å². The molecule has 11 nitrogen and oxygen atoms in total. The molecule has 1 aliphatic heterocycles. The maximum Gasteiger partial charge on any atom is 0.416 e. The minimum atomic E-state index is -5.03. The third-order valence-electron chi connectivity index (χ3n) is 9.47. The summed E-state index contributed by atoms with van der Waals surface area (Å²) in [6.07, 6.45) is -4.71. The summed E-state index contributed by atoms with van der Waals surface area (Å²) in [6.45, 7) is 4.57. The number of hydrogen-bond donors (Lipinski definition) is 0. The molecule has 0 radical (unpaired) electrons. The van der Waals surface area contributed by atoms with Crippen molar-refractivity contribution in [2.45, 2.75) is 115 Å². The molecule has 2 fully saturated rings. The summed E-state index contributed by atoms with van der Waals surface area (Å²) in [7, 11) is 1.33. The molecule has 1 amide bonds. The molecule has 288 valence electrons. The Hall–Kier alpha value is -4.31. The molecule has 1 aliphatic carbocycles. The highest BCUT2D eigenvalue weighted by atomic mass is 19.4. The van der Waals surface area contributed by atoms with Crippen LogP contribution in [-0.2, 0) is 42.7 Å². The van der Waals surface area contributed by atoms with Crippen molar-refractivity contribution in [1.82, 2.24) is 14.9 Å². The molecule has 1 saturated carbocycles. The van der Waals surface area contributed by atoms with Gasteiger partial charge < -0.3 is 28.7 Å². The SMILES string of the molecule is CC[C@@H]1CC(N(Cc2cc(C(F)(F)F)cc(C(F)(F)F)c2)c2ncc(OCCOC(C)=O)cn2)C[C@@H](CC)N1C(=O)OC1CCC(C(=O)OC)CC1. The molecule has 1 saturated heterocycles. The maximum atomic E-state index is 13.8. The zero-order chi connectivity index (χ0) is 38.2. The number of aromatic nitrogens is 2. The molecule has 0 bridgehead atoms. The number of ether oxygens (including phenoxy) is 4. The van der Waals surface area contributed by atoms with Gasteiger partial charge in [0.05, 0.1) is 36.5 Å². The van der Waals surface area contributed by atoms with E-state index in [1.807, 2.05) is 13.8 Å². The quantitative estimate of drug-likeness (QED) is 0.0944. The number of carbonyl (C=O) groups is 3. The van der Waals surface area contributed by atoms with E-state index in [2.05, 4.69) is 9.97 Å². The molecule has 2 heterocycles. The highest BCUT2D eigenvalue weighted by Gasteiger charge is 2.42. The number of alkyl halides is 6. The van der Waals surface area contributed by atoms with Gasteiger partial charge in [0, 0.05) is 31.6 Å². The highest BCUT2D eigenvalue weighted by molar-refractivity contribution is 5.72. The number of amides is 1. The van der Waals surface area contributed by atoms with Gasteiger partial charge in [-0.1, -0.05) is 13.8 Å². The number of anilines is 1. The monoisotopic (exact) mass is 746 g/mol. The first kappa shape index (κ1) is 40.5. The van der Waals surface area contributed by atoms with Crippen LogP contribution in [0.15, 0.2) is 30.6 Å². The third-order valence-corrected chi connectivity index (χ3v) is 9.47. The van der Waals surface area contributed by atoms with Crippen LogP contribution in [0.2, 0.25) is 0 Å². The van der Waals surface area contributed by atoms with E-state index in [-0.39, 0.29) is 66.6 Å². The van der Waals surface area contributed by atoms with Gasteiger partial charge in [0.1, 0.15) is 19.3 Å². The fraction of sp³-hybridized carbons (Fsp3) is 0.629. The normalized spacial score (nSPS) is 22.3. The van der Waals surface area contributed by atoms with E-state index in [9.17, 15) is 40.7 Å². The van der Waals surface area contributed by atoms with Crippen molar-refractivity contribution in [1.29, 1.82) is 0 Å². The van der Waals surface area contributed by atoms with Crippen LogP contribution in [0.3, 0.4) is 0 Å². The minimum absolute atomic E-state index is 0.00586. The molecule has 0 spiro atoms. The summed E-state index contributed by atoms with van der Waals surface area (Å²) < 4.78 is 104. The Balaban J connectivity index is 1.62. The molecule has 1 aromatic heterocycles. The summed E-state index contributed by atoms with van der Waals surface area (Å²) in [5.74, 6) is -0.802. The second kappa shape index (κ2) is 17.5. The van der Waals surface area contributed by atoms with Crippen LogP contribution in [-0.4, -0.2) is 77.5 Å². The predicted octanol–water partition coefficient (Wildman–Crippen LogP) is 7.35. The number of methoxy groups -OCH3 is 1. The summed E-state index contributed by atoms with van der Waals surface area (Å²) in [5, 5.41) is 0. The lowest BCUT2D eigenvalue weighted by molar-refractivity contribution is -0.147. The summed E-state index contributed by atoms with van der Waals surface area (Å²) in [4.78, 5) is 48.6. The molecule has 2 aromatic rings. The van der Waals surface area contributed by atoms with E-state index in [1.54, 1.807) is 9.80 Å². The standard InChI is InChI=1S/C35H44F6N4O7/c1-5-26-16-28(17-27(6-2)45(26)33(48)52-29-9-7-23(8-10-29)31(47)49-4)44(32-42-18-30(19-43-32)51-12-11-50-21(3)46)20-22-13-24(34(36,37)38)15-25(14-22)35(39,40)41/h13-15,18-19,23,26-29H,5-12,16-17,20H2,1-4H3/t23?,26-,27-,29?/m1/s1. The molecular weight excluding hydrogens is 702 g/mol. The minimum Gasteiger partial charge on any atom is -0.487 e. The number of esters is 2. The van der Waals surface area contributed by atoms with Gasteiger partial charge in [0.15, 0.2) is 5.75 Å². The number of carbonyl (C=O) groups excluding carboxylic acids is 3. The van der Waals surface area contributed by atoms with Gasteiger partial charge in [-0.3, -0.25) is 9.59 Å². The number of hydrogen-bond acceptors (Lipinski definition) is 10. The Morgan fingerprint density at radius 1 is 0.865 bits per heavy atom. The number of benzene rings is 1. The van der Waals surface area contributed by atoms with E-state index in [0.29, 0.717) is 63.5 Å². The van der Waals surface area contributed by atoms with E-state index >= 15 is 0 Å². The lowest BCUT2D eigenvalue weighted by atomic mass is 9.87. The van der Waals surface area contributed by atoms with E-state index < -0.39 is 48.1 Å². The first-order valence-corrected chi connectivity index (χ1v) is 17.2. The van der Waals surface area contributed by atoms with Gasteiger partial charge in [-0.05, 0) is 75.1 Å². The first-order chi connectivity index (χ1) is 24.5. The van der Waals surface area contributed by atoms with Crippen LogP contribution in [0.5, 0.6) is 5.75 Å². The third kappa shape index (κ3) is 10.6. The Kier molecular flexibility index (Phi) is 13.6. The van der Waals surface area contributed by atoms with Gasteiger partial charge in [-0.2, -0.15) is 26.3 Å². The van der Waals surface area contributed by atoms with Gasteiger partial charge in [0.2, 0.25) is 5.95 Å². The number of piperidine rings is 1. The summed E-state index contributed by atoms with van der Waals surface area (Å²) >= 11 is 0. The van der Waals surface area contributed by atoms with Gasteiger partial charge in [0.25, 0.3) is 0 Å². The van der Waals surface area contributed by atoms with Crippen molar-refractivity contribution in [3.05, 3.63) is 47.3 Å². The molecule has 2 atom stereocenters. The average molecular weight is 747 g/mol. The van der Waals surface area contributed by atoms with Crippen LogP contribution < -0.4 is 9.64 Å². The second-order valence-electron chi connectivity index (χ2n) is 13.0. The Morgan fingerprint density at radius 3 is 1.90 bits per heavy atom. The molecule has 0 N–H and O–H groups in total. The van der Waals surface area contributed by atoms with Crippen LogP contribution in [0, 0.1) is 5.92 Å². The first-order valence-electron chi connectivity index (χ1n) is 17.2. The van der Waals surface area contributed by atoms with Gasteiger partial charge in [-0.25, -0.2) is 14.8 Å². The zero-order valence-electron chi connectivity index (χ0n) is 29.5. The van der Waals surface area contributed by atoms with Crippen LogP contribution in [0.4, 0.5) is 37.1 Å². The second-order valence-corrected chi connectivity index (χ2v) is 13.0. The van der Waals surface area contributed by atoms with Crippen molar-refractivity contribution in [2.24, 2.45) is 5.92 Å². The molecule has 2 aliphatic rings. The van der Waals surface area contributed by atoms with Crippen molar-refractivity contribution < 1.29 is 59.7 Å². The Morgan fingerprint density at radius 2 is 1.42 bits per heavy atom. The summed E-state index contributed by atoms with van der Waals surface area (Å²) in [5.41, 5.74) is -3.13. The largest absolute Gasteiger partial charge is 0.487 e. The van der Waals surface area contributed by atoms with Crippen molar-refractivity contribution in [3.8, 4) is 5.75 Å². The van der Waals surface area contributed by atoms with Crippen molar-refractivity contribution in [2.75, 3.05) is 25.2 Å². The highest BCUT2D eigenvalue weighted by Crippen LogP contribution is 2.39. The maximum absolute atomic E-state index is 13.8. The van der Waals surface area contributed by atoms with E-state index in [0.717, 1.165) is 0 Å². The Labute approximate surface area is 297 Å². The number of rotatable bonds is 12. The van der Waals surface area contributed by atoms with Crippen LogP contribution in [0.25, 0.3) is 0 Å². The molecule has 1 aromatic carbocycles. The topological polar surface area (TPSA) is 120 Å². The van der Waals surface area contributed by atoms with Gasteiger partial charge in [-0.15, -0.1) is 0 Å². The van der Waals surface area contributed by atoms with E-state index in [1.165, 1.54) is 26.4 Å². The smallest absolute Gasteiger partial charge is 0.416 e. The fourth-order valence-electron chi connectivity index (χ4n) is 6.86. The lowest BCUT2D eigenvalue weighted by Crippen LogP contribution is -2.57. The molecule has 52 heavy (non-hydrogen) atoms. The van der Waals surface area contributed by atoms with Crippen LogP contribution >= 0.6 is 0 Å². The van der Waals surface area contributed by atoms with Crippen molar-refractivity contribution in [3.63, 3.8) is 0 Å². The summed E-state index contributed by atoms with van der Waals surface area (Å²) in [6, 6.07) is 0.171. The molecule has 4 rings (SSSR count). The van der Waals surface area contributed by atoms with Crippen molar-refractivity contribution >= 4 is 24.0 Å². The number of likely N-dealkylation sites (tertiary alicyclic amines) is 1. The fourth-order valence-corrected chi connectivity index (χ4v) is 6.86. The molecular formula is C35H44F6N4O7. The number of nitrogens with zero attached hydrogens (tertiary/aromatic N) is 4. The molecule has 17 heteroatoms. The number of halogens is 6. The Bertz CT molecular complexity index is 1470. The van der Waals surface area contributed by atoms with E-state index in [4.69, 9.17) is 18.9 Å². The lowest BCUT2D eigenvalue weighted by Gasteiger charge is -2.47. The van der Waals surface area contributed by atoms with Crippen LogP contribution in [0.1, 0.15) is 88.8 Å².